The Hall–Kier alpha value is -1.10. The Morgan fingerprint density at radius 1 is 0.600 bits per heavy atom. The number of hydrogen-bond donors (Lipinski definition) is 0. The van der Waals surface area contributed by atoms with E-state index in [1.165, 1.54) is 141 Å². The minimum atomic E-state index is -0.00142. The van der Waals surface area contributed by atoms with E-state index in [9.17, 15) is 9.59 Å². The molecule has 0 N–H and O–H groups in total. The molecule has 0 aromatic heterocycles. The van der Waals surface area contributed by atoms with Gasteiger partial charge in [-0.15, -0.1) is 0 Å². The van der Waals surface area contributed by atoms with Crippen LogP contribution in [0.25, 0.3) is 0 Å². The van der Waals surface area contributed by atoms with Crippen molar-refractivity contribution in [2.45, 2.75) is 194 Å². The lowest BCUT2D eigenvalue weighted by molar-refractivity contribution is -0.149. The van der Waals surface area contributed by atoms with Gasteiger partial charge in [0.15, 0.2) is 0 Å². The van der Waals surface area contributed by atoms with E-state index in [0.29, 0.717) is 25.6 Å². The van der Waals surface area contributed by atoms with Crippen LogP contribution in [-0.2, 0) is 19.1 Å². The molecular weight excluding hydrogens is 558 g/mol. The topological polar surface area (TPSA) is 55.8 Å². The van der Waals surface area contributed by atoms with Gasteiger partial charge in [0.25, 0.3) is 0 Å². The summed E-state index contributed by atoms with van der Waals surface area (Å²) in [5, 5.41) is 0. The van der Waals surface area contributed by atoms with Crippen molar-refractivity contribution in [2.75, 3.05) is 33.4 Å². The van der Waals surface area contributed by atoms with E-state index < -0.39 is 0 Å². The molecule has 0 saturated carbocycles. The van der Waals surface area contributed by atoms with Crippen molar-refractivity contribution in [2.24, 2.45) is 17.8 Å². The fraction of sp³-hybridized carbons (Fsp3) is 0.950. The van der Waals surface area contributed by atoms with E-state index in [1.54, 1.807) is 0 Å². The maximum Gasteiger partial charge on any atom is 0.310 e. The Bertz CT molecular complexity index is 673. The van der Waals surface area contributed by atoms with Gasteiger partial charge < -0.3 is 14.4 Å². The third kappa shape index (κ3) is 24.7. The summed E-state index contributed by atoms with van der Waals surface area (Å²) < 4.78 is 11.5. The molecule has 0 aliphatic carbocycles. The summed E-state index contributed by atoms with van der Waals surface area (Å²) in [6, 6.07) is 0. The van der Waals surface area contributed by atoms with Crippen LogP contribution in [0.3, 0.4) is 0 Å². The maximum absolute atomic E-state index is 12.6. The average Bonchev–Trinajstić information content (AvgIpc) is 3.48. The number of unbranched alkanes of at least 4 members (excludes halogenated alkanes) is 16. The molecule has 1 rings (SSSR count). The van der Waals surface area contributed by atoms with Crippen LogP contribution in [0.1, 0.15) is 194 Å². The first-order chi connectivity index (χ1) is 22.0. The van der Waals surface area contributed by atoms with Gasteiger partial charge in [0, 0.05) is 13.0 Å². The summed E-state index contributed by atoms with van der Waals surface area (Å²) >= 11 is 0. The Morgan fingerprint density at radius 3 is 1.60 bits per heavy atom. The number of rotatable bonds is 32. The van der Waals surface area contributed by atoms with Crippen molar-refractivity contribution < 1.29 is 19.1 Å². The number of nitrogens with zero attached hydrogens (tertiary/aromatic N) is 1. The van der Waals surface area contributed by atoms with Gasteiger partial charge in [0.05, 0.1) is 19.1 Å². The zero-order chi connectivity index (χ0) is 32.8. The standard InChI is InChI=1S/C40H77NO4/c1-5-8-11-12-13-14-17-22-27-37(35-45-40(43)38-30-32-41(4)34-38)28-23-18-15-16-19-24-29-39(42)44-33-31-36(25-20-9-6-2)26-21-10-7-3/h36-38H,5-35H2,1-4H3. The van der Waals surface area contributed by atoms with Crippen LogP contribution >= 0.6 is 0 Å². The highest BCUT2D eigenvalue weighted by Crippen LogP contribution is 2.23. The molecule has 0 amide bonds. The molecular formula is C40H77NO4. The van der Waals surface area contributed by atoms with Gasteiger partial charge in [0.2, 0.25) is 0 Å². The zero-order valence-electron chi connectivity index (χ0n) is 30.7. The van der Waals surface area contributed by atoms with Crippen LogP contribution in [0.15, 0.2) is 0 Å². The lowest BCUT2D eigenvalue weighted by Gasteiger charge is -2.19. The normalized spacial score (nSPS) is 16.0. The summed E-state index contributed by atoms with van der Waals surface area (Å²) in [6.07, 6.45) is 32.9. The molecule has 1 saturated heterocycles. The summed E-state index contributed by atoms with van der Waals surface area (Å²) in [6.45, 7) is 9.86. The summed E-state index contributed by atoms with van der Waals surface area (Å²) in [4.78, 5) is 27.1. The third-order valence-corrected chi connectivity index (χ3v) is 10.1. The van der Waals surface area contributed by atoms with E-state index in [1.807, 2.05) is 0 Å². The molecule has 266 valence electrons. The SMILES string of the molecule is CCCCCCCCCCC(CCCCCCCCC(=O)OCCC(CCCCC)CCCCC)COC(=O)C1CCN(C)C1. The molecule has 1 heterocycles. The molecule has 45 heavy (non-hydrogen) atoms. The predicted octanol–water partition coefficient (Wildman–Crippen LogP) is 11.5. The van der Waals surface area contributed by atoms with Crippen LogP contribution < -0.4 is 0 Å². The highest BCUT2D eigenvalue weighted by Gasteiger charge is 2.28. The molecule has 2 unspecified atom stereocenters. The Kier molecular flexibility index (Phi) is 28.2. The first-order valence-corrected chi connectivity index (χ1v) is 20.0. The first-order valence-electron chi connectivity index (χ1n) is 20.0. The van der Waals surface area contributed by atoms with Gasteiger partial charge in [-0.1, -0.05) is 156 Å². The molecule has 0 aromatic carbocycles. The van der Waals surface area contributed by atoms with Crippen molar-refractivity contribution >= 4 is 11.9 Å². The van der Waals surface area contributed by atoms with E-state index in [2.05, 4.69) is 32.7 Å². The molecule has 0 radical (unpaired) electrons. The number of hydrogen-bond acceptors (Lipinski definition) is 5. The summed E-state index contributed by atoms with van der Waals surface area (Å²) in [5.41, 5.74) is 0. The van der Waals surface area contributed by atoms with E-state index in [0.717, 1.165) is 44.7 Å². The Morgan fingerprint density at radius 2 is 1.07 bits per heavy atom. The smallest absolute Gasteiger partial charge is 0.310 e. The van der Waals surface area contributed by atoms with E-state index in [-0.39, 0.29) is 17.9 Å². The Balaban J connectivity index is 2.19. The number of carbonyl (C=O) groups excluding carboxylic acids is 2. The van der Waals surface area contributed by atoms with Crippen molar-refractivity contribution in [1.29, 1.82) is 0 Å². The summed E-state index contributed by atoms with van der Waals surface area (Å²) in [5.74, 6) is 1.31. The maximum atomic E-state index is 12.6. The van der Waals surface area contributed by atoms with Gasteiger partial charge in [-0.05, 0) is 57.5 Å². The molecule has 0 aromatic rings. The largest absolute Gasteiger partial charge is 0.466 e. The van der Waals surface area contributed by atoms with Gasteiger partial charge in [-0.3, -0.25) is 9.59 Å². The van der Waals surface area contributed by atoms with Crippen molar-refractivity contribution in [3.05, 3.63) is 0 Å². The van der Waals surface area contributed by atoms with Crippen LogP contribution in [0.5, 0.6) is 0 Å². The zero-order valence-corrected chi connectivity index (χ0v) is 30.7. The van der Waals surface area contributed by atoms with Gasteiger partial charge in [-0.2, -0.15) is 0 Å². The second-order valence-electron chi connectivity index (χ2n) is 14.5. The second-order valence-corrected chi connectivity index (χ2v) is 14.5. The van der Waals surface area contributed by atoms with Crippen molar-refractivity contribution in [3.63, 3.8) is 0 Å². The average molecular weight is 636 g/mol. The number of ether oxygens (including phenoxy) is 2. The fourth-order valence-corrected chi connectivity index (χ4v) is 6.94. The van der Waals surface area contributed by atoms with E-state index >= 15 is 0 Å². The van der Waals surface area contributed by atoms with Gasteiger partial charge in [0.1, 0.15) is 0 Å². The van der Waals surface area contributed by atoms with Crippen molar-refractivity contribution in [3.8, 4) is 0 Å². The Labute approximate surface area is 280 Å². The predicted molar refractivity (Wildman–Crippen MR) is 192 cm³/mol. The fourth-order valence-electron chi connectivity index (χ4n) is 6.94. The quantitative estimate of drug-likeness (QED) is 0.0544. The molecule has 1 aliphatic heterocycles. The molecule has 2 atom stereocenters. The highest BCUT2D eigenvalue weighted by atomic mass is 16.5. The lowest BCUT2D eigenvalue weighted by Crippen LogP contribution is -2.24. The molecule has 5 heteroatoms. The molecule has 1 aliphatic rings. The highest BCUT2D eigenvalue weighted by molar-refractivity contribution is 5.73. The van der Waals surface area contributed by atoms with Crippen LogP contribution in [-0.4, -0.2) is 50.2 Å². The number of likely N-dealkylation sites (tertiary alicyclic amines) is 1. The van der Waals surface area contributed by atoms with Crippen molar-refractivity contribution in [1.82, 2.24) is 4.90 Å². The van der Waals surface area contributed by atoms with Crippen LogP contribution in [0, 0.1) is 17.8 Å². The number of esters is 2. The molecule has 0 spiro atoms. The minimum Gasteiger partial charge on any atom is -0.466 e. The van der Waals surface area contributed by atoms with Gasteiger partial charge in [-0.25, -0.2) is 0 Å². The molecule has 1 fully saturated rings. The molecule has 0 bridgehead atoms. The third-order valence-electron chi connectivity index (χ3n) is 10.1. The first kappa shape index (κ1) is 41.9. The van der Waals surface area contributed by atoms with E-state index in [4.69, 9.17) is 9.47 Å². The second kappa shape index (κ2) is 30.2. The summed E-state index contributed by atoms with van der Waals surface area (Å²) in [7, 11) is 2.09. The number of carbonyl (C=O) groups is 2. The van der Waals surface area contributed by atoms with Crippen LogP contribution in [0.2, 0.25) is 0 Å². The monoisotopic (exact) mass is 636 g/mol. The minimum absolute atomic E-state index is 0.00142. The van der Waals surface area contributed by atoms with Crippen LogP contribution in [0.4, 0.5) is 0 Å². The van der Waals surface area contributed by atoms with Gasteiger partial charge >= 0.3 is 11.9 Å². The lowest BCUT2D eigenvalue weighted by atomic mass is 9.92. The molecule has 5 nitrogen and oxygen atoms in total.